The third-order valence-corrected chi connectivity index (χ3v) is 4.08. The van der Waals surface area contributed by atoms with Gasteiger partial charge in [-0.3, -0.25) is 0 Å². The van der Waals surface area contributed by atoms with Crippen LogP contribution in [0.25, 0.3) is 6.08 Å². The van der Waals surface area contributed by atoms with Crippen LogP contribution in [0, 0.1) is 0 Å². The number of hydrogen-bond acceptors (Lipinski definition) is 3. The van der Waals surface area contributed by atoms with Gasteiger partial charge in [0, 0.05) is 30.3 Å². The molecular weight excluding hydrogens is 266 g/mol. The van der Waals surface area contributed by atoms with E-state index >= 15 is 0 Å². The second-order valence-electron chi connectivity index (χ2n) is 5.16. The molecule has 0 aliphatic carbocycles. The van der Waals surface area contributed by atoms with E-state index in [-0.39, 0.29) is 6.10 Å². The van der Waals surface area contributed by atoms with Gasteiger partial charge in [-0.15, -0.1) is 0 Å². The number of benzene rings is 1. The van der Waals surface area contributed by atoms with Gasteiger partial charge < -0.3 is 9.64 Å². The lowest BCUT2D eigenvalue weighted by Crippen LogP contribution is -2.30. The maximum absolute atomic E-state index is 5.64. The third-order valence-electron chi connectivity index (χ3n) is 3.14. The SMILES string of the molecule is C=C(/C=C/c1ccc(OC(C)C)cc1)N1CCSCC1. The lowest BCUT2D eigenvalue weighted by Gasteiger charge is -2.28. The predicted molar refractivity (Wildman–Crippen MR) is 89.3 cm³/mol. The van der Waals surface area contributed by atoms with Crippen LogP contribution in [-0.2, 0) is 0 Å². The summed E-state index contributed by atoms with van der Waals surface area (Å²) in [6.07, 6.45) is 4.44. The molecule has 0 saturated carbocycles. The van der Waals surface area contributed by atoms with Crippen molar-refractivity contribution >= 4 is 17.8 Å². The van der Waals surface area contributed by atoms with Crippen LogP contribution < -0.4 is 4.74 Å². The molecule has 0 atom stereocenters. The summed E-state index contributed by atoms with van der Waals surface area (Å²) in [6.45, 7) is 10.4. The molecule has 1 aliphatic rings. The summed E-state index contributed by atoms with van der Waals surface area (Å²) in [4.78, 5) is 2.35. The van der Waals surface area contributed by atoms with E-state index < -0.39 is 0 Å². The monoisotopic (exact) mass is 289 g/mol. The van der Waals surface area contributed by atoms with Crippen LogP contribution in [0.5, 0.6) is 5.75 Å². The average Bonchev–Trinajstić information content (AvgIpc) is 2.46. The Morgan fingerprint density at radius 1 is 1.25 bits per heavy atom. The van der Waals surface area contributed by atoms with Crippen LogP contribution in [0.1, 0.15) is 19.4 Å². The molecule has 0 radical (unpaired) electrons. The summed E-state index contributed by atoms with van der Waals surface area (Å²) in [5.41, 5.74) is 2.28. The molecule has 0 aromatic heterocycles. The molecule has 1 aliphatic heterocycles. The second kappa shape index (κ2) is 7.44. The van der Waals surface area contributed by atoms with Gasteiger partial charge in [-0.1, -0.05) is 24.8 Å². The Kier molecular flexibility index (Phi) is 5.60. The van der Waals surface area contributed by atoms with Crippen LogP contribution in [0.2, 0.25) is 0 Å². The molecule has 1 saturated heterocycles. The first-order chi connectivity index (χ1) is 9.65. The van der Waals surface area contributed by atoms with Gasteiger partial charge in [0.1, 0.15) is 5.75 Å². The van der Waals surface area contributed by atoms with Gasteiger partial charge in [0.2, 0.25) is 0 Å². The Morgan fingerprint density at radius 3 is 2.50 bits per heavy atom. The molecule has 0 N–H and O–H groups in total. The van der Waals surface area contributed by atoms with E-state index in [1.165, 1.54) is 17.1 Å². The Bertz CT molecular complexity index is 458. The fourth-order valence-electron chi connectivity index (χ4n) is 2.08. The summed E-state index contributed by atoms with van der Waals surface area (Å²) in [5.74, 6) is 3.33. The molecule has 2 nitrogen and oxygen atoms in total. The molecule has 2 rings (SSSR count). The van der Waals surface area contributed by atoms with E-state index in [4.69, 9.17) is 4.74 Å². The summed E-state index contributed by atoms with van der Waals surface area (Å²) in [6, 6.07) is 8.18. The molecule has 0 bridgehead atoms. The molecule has 1 aromatic carbocycles. The molecule has 0 spiro atoms. The van der Waals surface area contributed by atoms with Gasteiger partial charge in [0.25, 0.3) is 0 Å². The van der Waals surface area contributed by atoms with E-state index in [1.54, 1.807) is 0 Å². The van der Waals surface area contributed by atoms with Crippen molar-refractivity contribution in [1.82, 2.24) is 4.90 Å². The Balaban J connectivity index is 1.91. The third kappa shape index (κ3) is 4.64. The van der Waals surface area contributed by atoms with Crippen LogP contribution >= 0.6 is 11.8 Å². The average molecular weight is 289 g/mol. The highest BCUT2D eigenvalue weighted by Gasteiger charge is 2.09. The van der Waals surface area contributed by atoms with Crippen molar-refractivity contribution < 1.29 is 4.74 Å². The van der Waals surface area contributed by atoms with Crippen molar-refractivity contribution in [3.63, 3.8) is 0 Å². The fourth-order valence-corrected chi connectivity index (χ4v) is 2.98. The minimum atomic E-state index is 0.216. The van der Waals surface area contributed by atoms with Crippen LogP contribution in [0.3, 0.4) is 0 Å². The topological polar surface area (TPSA) is 12.5 Å². The number of ether oxygens (including phenoxy) is 1. The van der Waals surface area contributed by atoms with Gasteiger partial charge in [-0.05, 0) is 37.6 Å². The van der Waals surface area contributed by atoms with Crippen LogP contribution in [0.4, 0.5) is 0 Å². The normalized spacial score (nSPS) is 15.8. The highest BCUT2D eigenvalue weighted by Crippen LogP contribution is 2.17. The first kappa shape index (κ1) is 15.0. The van der Waals surface area contributed by atoms with E-state index in [0.717, 1.165) is 24.5 Å². The zero-order valence-corrected chi connectivity index (χ0v) is 13.2. The van der Waals surface area contributed by atoms with Crippen molar-refractivity contribution in [3.05, 3.63) is 48.2 Å². The number of nitrogens with zero attached hydrogens (tertiary/aromatic N) is 1. The second-order valence-corrected chi connectivity index (χ2v) is 6.38. The Morgan fingerprint density at radius 2 is 1.90 bits per heavy atom. The predicted octanol–water partition coefficient (Wildman–Crippen LogP) is 4.05. The molecule has 0 unspecified atom stereocenters. The standard InChI is InChI=1S/C17H23NOS/c1-14(2)19-17-8-6-16(7-9-17)5-4-15(3)18-10-12-20-13-11-18/h4-9,14H,3,10-13H2,1-2H3/b5-4+. The van der Waals surface area contributed by atoms with E-state index in [2.05, 4.69) is 35.8 Å². The van der Waals surface area contributed by atoms with Crippen molar-refractivity contribution in [2.45, 2.75) is 20.0 Å². The summed E-state index contributed by atoms with van der Waals surface area (Å²) in [5, 5.41) is 0. The molecule has 1 aromatic rings. The smallest absolute Gasteiger partial charge is 0.119 e. The van der Waals surface area contributed by atoms with Gasteiger partial charge in [0.05, 0.1) is 6.10 Å². The molecule has 1 fully saturated rings. The molecule has 3 heteroatoms. The Hall–Kier alpha value is -1.35. The van der Waals surface area contributed by atoms with Crippen molar-refractivity contribution in [2.24, 2.45) is 0 Å². The zero-order chi connectivity index (χ0) is 14.4. The highest BCUT2D eigenvalue weighted by molar-refractivity contribution is 7.99. The first-order valence-corrected chi connectivity index (χ1v) is 8.27. The van der Waals surface area contributed by atoms with Crippen LogP contribution in [0.15, 0.2) is 42.6 Å². The summed E-state index contributed by atoms with van der Waals surface area (Å²) >= 11 is 2.02. The van der Waals surface area contributed by atoms with E-state index in [9.17, 15) is 0 Å². The fraction of sp³-hybridized carbons (Fsp3) is 0.412. The molecular formula is C17H23NOS. The van der Waals surface area contributed by atoms with Gasteiger partial charge >= 0.3 is 0 Å². The largest absolute Gasteiger partial charge is 0.491 e. The molecule has 20 heavy (non-hydrogen) atoms. The lowest BCUT2D eigenvalue weighted by molar-refractivity contribution is 0.242. The maximum atomic E-state index is 5.64. The Labute approximate surface area is 126 Å². The van der Waals surface area contributed by atoms with Crippen molar-refractivity contribution in [2.75, 3.05) is 24.6 Å². The molecule has 1 heterocycles. The zero-order valence-electron chi connectivity index (χ0n) is 12.3. The minimum absolute atomic E-state index is 0.216. The quantitative estimate of drug-likeness (QED) is 0.759. The van der Waals surface area contributed by atoms with Gasteiger partial charge in [0.15, 0.2) is 0 Å². The lowest BCUT2D eigenvalue weighted by atomic mass is 10.2. The number of hydrogen-bond donors (Lipinski definition) is 0. The van der Waals surface area contributed by atoms with Gasteiger partial charge in [-0.25, -0.2) is 0 Å². The van der Waals surface area contributed by atoms with Crippen molar-refractivity contribution in [1.29, 1.82) is 0 Å². The number of rotatable bonds is 5. The molecule has 0 amide bonds. The maximum Gasteiger partial charge on any atom is 0.119 e. The van der Waals surface area contributed by atoms with E-state index in [1.807, 2.05) is 37.7 Å². The van der Waals surface area contributed by atoms with Gasteiger partial charge in [-0.2, -0.15) is 11.8 Å². The first-order valence-electron chi connectivity index (χ1n) is 7.11. The number of thioether (sulfide) groups is 1. The van der Waals surface area contributed by atoms with Crippen molar-refractivity contribution in [3.8, 4) is 5.75 Å². The molecule has 108 valence electrons. The van der Waals surface area contributed by atoms with Crippen LogP contribution in [-0.4, -0.2) is 35.6 Å². The van der Waals surface area contributed by atoms with E-state index in [0.29, 0.717) is 0 Å². The highest BCUT2D eigenvalue weighted by atomic mass is 32.2. The minimum Gasteiger partial charge on any atom is -0.491 e. The summed E-state index contributed by atoms with van der Waals surface area (Å²) < 4.78 is 5.64. The number of allylic oxidation sites excluding steroid dienone is 1. The summed E-state index contributed by atoms with van der Waals surface area (Å²) in [7, 11) is 0.